The van der Waals surface area contributed by atoms with Gasteiger partial charge >= 0.3 is 5.97 Å². The molecule has 3 rings (SSSR count). The quantitative estimate of drug-likeness (QED) is 0.489. The monoisotopic (exact) mass is 372 g/mol. The molecule has 0 spiro atoms. The highest BCUT2D eigenvalue weighted by molar-refractivity contribution is 6.30. The second-order valence-corrected chi connectivity index (χ2v) is 6.20. The van der Waals surface area contributed by atoms with Gasteiger partial charge in [-0.25, -0.2) is 4.98 Å². The number of rotatable bonds is 6. The highest BCUT2D eigenvalue weighted by Gasteiger charge is 2.13. The van der Waals surface area contributed by atoms with Crippen LogP contribution in [0.5, 0.6) is 5.75 Å². The molecule has 0 N–H and O–H groups in total. The van der Waals surface area contributed by atoms with Crippen molar-refractivity contribution in [1.82, 2.24) is 9.38 Å². The summed E-state index contributed by atoms with van der Waals surface area (Å²) in [5.41, 5.74) is 2.46. The van der Waals surface area contributed by atoms with Crippen LogP contribution in [0.15, 0.2) is 42.7 Å². The Hall–Kier alpha value is -2.86. The molecule has 0 saturated heterocycles. The average Bonchev–Trinajstić information content (AvgIpc) is 3.01. The molecular formula is C19H17ClN2O4. The molecular weight excluding hydrogens is 356 g/mol. The van der Waals surface area contributed by atoms with E-state index in [0.717, 1.165) is 5.65 Å². The molecule has 2 heterocycles. The van der Waals surface area contributed by atoms with Gasteiger partial charge in [-0.3, -0.25) is 9.59 Å². The fourth-order valence-corrected chi connectivity index (χ4v) is 2.75. The van der Waals surface area contributed by atoms with Gasteiger partial charge in [-0.05, 0) is 37.3 Å². The summed E-state index contributed by atoms with van der Waals surface area (Å²) >= 11 is 5.94. The predicted molar refractivity (Wildman–Crippen MR) is 96.7 cm³/mol. The van der Waals surface area contributed by atoms with Gasteiger partial charge in [0.2, 0.25) is 0 Å². The van der Waals surface area contributed by atoms with Crippen molar-refractivity contribution in [2.75, 3.05) is 7.11 Å². The van der Waals surface area contributed by atoms with Gasteiger partial charge in [0.25, 0.3) is 0 Å². The number of pyridine rings is 1. The normalized spacial score (nSPS) is 10.7. The fourth-order valence-electron chi connectivity index (χ4n) is 2.58. The van der Waals surface area contributed by atoms with Gasteiger partial charge < -0.3 is 13.9 Å². The van der Waals surface area contributed by atoms with Gasteiger partial charge in [0.15, 0.2) is 5.78 Å². The summed E-state index contributed by atoms with van der Waals surface area (Å²) in [4.78, 5) is 28.1. The third-order valence-electron chi connectivity index (χ3n) is 3.87. The van der Waals surface area contributed by atoms with Crippen LogP contribution in [0.4, 0.5) is 0 Å². The van der Waals surface area contributed by atoms with E-state index in [-0.39, 0.29) is 18.8 Å². The molecule has 0 bridgehead atoms. The largest absolute Gasteiger partial charge is 0.496 e. The minimum atomic E-state index is -0.431. The number of carbonyl (C=O) groups excluding carboxylic acids is 2. The molecule has 134 valence electrons. The Morgan fingerprint density at radius 1 is 1.19 bits per heavy atom. The maximum atomic E-state index is 12.2. The van der Waals surface area contributed by atoms with Crippen LogP contribution in [-0.2, 0) is 22.6 Å². The van der Waals surface area contributed by atoms with Crippen molar-refractivity contribution in [3.8, 4) is 5.75 Å². The van der Waals surface area contributed by atoms with Crippen LogP contribution >= 0.6 is 11.6 Å². The zero-order valence-corrected chi connectivity index (χ0v) is 15.1. The van der Waals surface area contributed by atoms with Crippen molar-refractivity contribution in [1.29, 1.82) is 0 Å². The summed E-state index contributed by atoms with van der Waals surface area (Å²) in [6.07, 6.45) is 3.49. The summed E-state index contributed by atoms with van der Waals surface area (Å²) in [7, 11) is 1.51. The molecule has 0 saturated carbocycles. The molecule has 2 aromatic heterocycles. The molecule has 6 nitrogen and oxygen atoms in total. The first kappa shape index (κ1) is 17.9. The molecule has 0 amide bonds. The molecule has 26 heavy (non-hydrogen) atoms. The zero-order valence-electron chi connectivity index (χ0n) is 14.4. The van der Waals surface area contributed by atoms with Crippen LogP contribution in [0.1, 0.15) is 28.5 Å². The number of halogens is 1. The van der Waals surface area contributed by atoms with Crippen LogP contribution in [0.2, 0.25) is 5.02 Å². The second kappa shape index (κ2) is 7.58. The maximum Gasteiger partial charge on any atom is 0.310 e. The number of hydrogen-bond acceptors (Lipinski definition) is 5. The molecule has 1 aromatic carbocycles. The number of fused-ring (bicyclic) bond motifs is 1. The van der Waals surface area contributed by atoms with E-state index in [0.29, 0.717) is 27.6 Å². The number of hydrogen-bond donors (Lipinski definition) is 0. The third-order valence-corrected chi connectivity index (χ3v) is 4.09. The topological polar surface area (TPSA) is 69.9 Å². The number of nitrogens with zero attached hydrogens (tertiary/aromatic N) is 2. The predicted octanol–water partition coefficient (Wildman–Crippen LogP) is 3.48. The highest BCUT2D eigenvalue weighted by Crippen LogP contribution is 2.21. The Kier molecular flexibility index (Phi) is 5.23. The summed E-state index contributed by atoms with van der Waals surface area (Å²) in [6.45, 7) is 1.52. The van der Waals surface area contributed by atoms with E-state index in [9.17, 15) is 9.59 Å². The third kappa shape index (κ3) is 4.03. The number of benzene rings is 1. The molecule has 3 aromatic rings. The fraction of sp³-hybridized carbons (Fsp3) is 0.211. The highest BCUT2D eigenvalue weighted by atomic mass is 35.5. The maximum absolute atomic E-state index is 12.2. The SMILES string of the molecule is COc1ccc(C(C)=O)cc1CC(=O)OCc1cn2cc(Cl)ccc2n1. The number of ether oxygens (including phenoxy) is 2. The standard InChI is InChI=1S/C19H17ClN2O4/c1-12(23)13-3-5-17(25-2)14(7-13)8-19(24)26-11-16-10-22-9-15(20)4-6-18(22)21-16/h3-7,9-10H,8,11H2,1-2H3. The molecule has 0 atom stereocenters. The summed E-state index contributed by atoms with van der Waals surface area (Å²) in [5.74, 6) is 0.0269. The molecule has 0 aliphatic carbocycles. The van der Waals surface area contributed by atoms with Crippen LogP contribution in [-0.4, -0.2) is 28.2 Å². The molecule has 7 heteroatoms. The number of imidazole rings is 1. The molecule has 0 aliphatic heterocycles. The van der Waals surface area contributed by atoms with E-state index in [2.05, 4.69) is 4.98 Å². The van der Waals surface area contributed by atoms with Gasteiger partial charge in [0.1, 0.15) is 18.0 Å². The van der Waals surface area contributed by atoms with Crippen LogP contribution in [0, 0.1) is 0 Å². The van der Waals surface area contributed by atoms with Crippen LogP contribution in [0.25, 0.3) is 5.65 Å². The van der Waals surface area contributed by atoms with Crippen molar-refractivity contribution >= 4 is 29.0 Å². The number of esters is 1. The first-order valence-corrected chi connectivity index (χ1v) is 8.30. The Labute approximate surface area is 155 Å². The number of methoxy groups -OCH3 is 1. The van der Waals surface area contributed by atoms with E-state index in [4.69, 9.17) is 21.1 Å². The lowest BCUT2D eigenvalue weighted by Crippen LogP contribution is -2.10. The Bertz CT molecular complexity index is 981. The van der Waals surface area contributed by atoms with Crippen molar-refractivity contribution in [3.05, 3.63) is 64.6 Å². The number of carbonyl (C=O) groups is 2. The Morgan fingerprint density at radius 3 is 2.73 bits per heavy atom. The van der Waals surface area contributed by atoms with Crippen molar-refractivity contribution < 1.29 is 19.1 Å². The van der Waals surface area contributed by atoms with Crippen molar-refractivity contribution in [2.24, 2.45) is 0 Å². The van der Waals surface area contributed by atoms with Crippen molar-refractivity contribution in [2.45, 2.75) is 20.0 Å². The zero-order chi connectivity index (χ0) is 18.7. The number of Topliss-reactive ketones (excluding diaryl/α,β-unsaturated/α-hetero) is 1. The molecule has 0 aliphatic rings. The van der Waals surface area contributed by atoms with Crippen LogP contribution in [0.3, 0.4) is 0 Å². The smallest absolute Gasteiger partial charge is 0.310 e. The van der Waals surface area contributed by atoms with E-state index in [1.165, 1.54) is 14.0 Å². The summed E-state index contributed by atoms with van der Waals surface area (Å²) in [6, 6.07) is 8.51. The summed E-state index contributed by atoms with van der Waals surface area (Å²) < 4.78 is 12.3. The van der Waals surface area contributed by atoms with Gasteiger partial charge in [0.05, 0.1) is 24.2 Å². The van der Waals surface area contributed by atoms with E-state index in [1.54, 1.807) is 47.1 Å². The van der Waals surface area contributed by atoms with Gasteiger partial charge in [0, 0.05) is 23.5 Å². The lowest BCUT2D eigenvalue weighted by Gasteiger charge is -2.09. The first-order valence-electron chi connectivity index (χ1n) is 7.93. The Morgan fingerprint density at radius 2 is 2.00 bits per heavy atom. The summed E-state index contributed by atoms with van der Waals surface area (Å²) in [5, 5.41) is 0.593. The van der Waals surface area contributed by atoms with Gasteiger partial charge in [-0.2, -0.15) is 0 Å². The van der Waals surface area contributed by atoms with Crippen molar-refractivity contribution in [3.63, 3.8) is 0 Å². The Balaban J connectivity index is 1.68. The van der Waals surface area contributed by atoms with E-state index < -0.39 is 5.97 Å². The molecule has 0 radical (unpaired) electrons. The van der Waals surface area contributed by atoms with E-state index >= 15 is 0 Å². The number of aromatic nitrogens is 2. The minimum Gasteiger partial charge on any atom is -0.496 e. The molecule has 0 fully saturated rings. The number of ketones is 1. The lowest BCUT2D eigenvalue weighted by molar-refractivity contribution is -0.144. The molecule has 0 unspecified atom stereocenters. The lowest BCUT2D eigenvalue weighted by atomic mass is 10.0. The van der Waals surface area contributed by atoms with Crippen LogP contribution < -0.4 is 4.74 Å². The van der Waals surface area contributed by atoms with Gasteiger partial charge in [-0.1, -0.05) is 11.6 Å². The second-order valence-electron chi connectivity index (χ2n) is 5.77. The van der Waals surface area contributed by atoms with E-state index in [1.807, 2.05) is 0 Å². The van der Waals surface area contributed by atoms with Gasteiger partial charge in [-0.15, -0.1) is 0 Å². The first-order chi connectivity index (χ1) is 12.5. The average molecular weight is 373 g/mol. The minimum absolute atomic E-state index is 0.00347.